The first-order chi connectivity index (χ1) is 12.6. The molecule has 4 nitrogen and oxygen atoms in total. The van der Waals surface area contributed by atoms with Crippen LogP contribution >= 0.6 is 0 Å². The number of aromatic nitrogens is 2. The third-order valence-electron chi connectivity index (χ3n) is 4.66. The van der Waals surface area contributed by atoms with Crippen LogP contribution in [0.4, 0.5) is 0 Å². The van der Waals surface area contributed by atoms with Crippen molar-refractivity contribution in [2.45, 2.75) is 65.7 Å². The van der Waals surface area contributed by atoms with Crippen LogP contribution in [0.1, 0.15) is 64.9 Å². The number of nitrogens with zero attached hydrogens (tertiary/aromatic N) is 2. The van der Waals surface area contributed by atoms with Crippen LogP contribution in [0.25, 0.3) is 11.4 Å². The Kier molecular flexibility index (Phi) is 8.26. The van der Waals surface area contributed by atoms with Crippen molar-refractivity contribution >= 4 is 5.97 Å². The van der Waals surface area contributed by atoms with Gasteiger partial charge < -0.3 is 4.74 Å². The van der Waals surface area contributed by atoms with Crippen LogP contribution in [0.5, 0.6) is 5.75 Å². The lowest BCUT2D eigenvalue weighted by molar-refractivity contribution is -0.134. The van der Waals surface area contributed by atoms with Crippen molar-refractivity contribution in [2.24, 2.45) is 5.92 Å². The average Bonchev–Trinajstić information content (AvgIpc) is 2.67. The zero-order chi connectivity index (χ0) is 18.8. The number of carbonyl (C=O) groups is 1. The zero-order valence-corrected chi connectivity index (χ0v) is 16.2. The highest BCUT2D eigenvalue weighted by molar-refractivity contribution is 5.72. The van der Waals surface area contributed by atoms with Gasteiger partial charge in [0.05, 0.1) is 0 Å². The number of rotatable bonds is 10. The molecule has 1 aromatic heterocycles. The smallest absolute Gasteiger partial charge is 0.311 e. The largest absolute Gasteiger partial charge is 0.427 e. The fourth-order valence-electron chi connectivity index (χ4n) is 2.63. The van der Waals surface area contributed by atoms with Gasteiger partial charge in [0.25, 0.3) is 0 Å². The van der Waals surface area contributed by atoms with Crippen LogP contribution in [0.2, 0.25) is 0 Å². The second-order valence-corrected chi connectivity index (χ2v) is 6.92. The molecular weight excluding hydrogens is 324 g/mol. The van der Waals surface area contributed by atoms with Gasteiger partial charge in [-0.15, -0.1) is 0 Å². The monoisotopic (exact) mass is 354 g/mol. The number of benzene rings is 1. The lowest BCUT2D eigenvalue weighted by Gasteiger charge is -2.08. The van der Waals surface area contributed by atoms with Crippen molar-refractivity contribution < 1.29 is 9.53 Å². The number of ether oxygens (including phenoxy) is 1. The Morgan fingerprint density at radius 2 is 1.77 bits per heavy atom. The minimum atomic E-state index is -0.175. The van der Waals surface area contributed by atoms with E-state index in [-0.39, 0.29) is 5.97 Å². The van der Waals surface area contributed by atoms with Gasteiger partial charge in [-0.3, -0.25) is 4.79 Å². The Bertz CT molecular complexity index is 666. The van der Waals surface area contributed by atoms with Gasteiger partial charge in [-0.1, -0.05) is 40.0 Å². The van der Waals surface area contributed by atoms with Gasteiger partial charge in [-0.25, -0.2) is 9.97 Å². The van der Waals surface area contributed by atoms with Gasteiger partial charge in [0, 0.05) is 24.4 Å². The highest BCUT2D eigenvalue weighted by Gasteiger charge is 2.08. The molecule has 0 aliphatic heterocycles. The Balaban J connectivity index is 1.89. The van der Waals surface area contributed by atoms with E-state index >= 15 is 0 Å². The fourth-order valence-corrected chi connectivity index (χ4v) is 2.63. The van der Waals surface area contributed by atoms with Crippen molar-refractivity contribution in [3.05, 3.63) is 42.2 Å². The molecule has 0 radical (unpaired) electrons. The van der Waals surface area contributed by atoms with E-state index in [0.29, 0.717) is 23.9 Å². The number of unbranched alkanes of at least 4 members (excludes halogenated alkanes) is 2. The second kappa shape index (κ2) is 10.7. The topological polar surface area (TPSA) is 52.1 Å². The summed E-state index contributed by atoms with van der Waals surface area (Å²) in [6, 6.07) is 7.39. The zero-order valence-electron chi connectivity index (χ0n) is 16.2. The van der Waals surface area contributed by atoms with E-state index in [1.165, 1.54) is 24.8 Å². The minimum absolute atomic E-state index is 0.175. The fraction of sp³-hybridized carbons (Fsp3) is 0.500. The first kappa shape index (κ1) is 20.1. The molecule has 1 heterocycles. The number of hydrogen-bond acceptors (Lipinski definition) is 4. The van der Waals surface area contributed by atoms with Crippen LogP contribution in [0.3, 0.4) is 0 Å². The summed E-state index contributed by atoms with van der Waals surface area (Å²) < 4.78 is 5.39. The molecule has 0 aliphatic carbocycles. The summed E-state index contributed by atoms with van der Waals surface area (Å²) in [6.45, 7) is 6.48. The molecular formula is C22H30N2O2. The van der Waals surface area contributed by atoms with E-state index in [9.17, 15) is 4.79 Å². The van der Waals surface area contributed by atoms with Crippen molar-refractivity contribution in [3.8, 4) is 17.1 Å². The summed E-state index contributed by atoms with van der Waals surface area (Å²) in [7, 11) is 0. The molecule has 140 valence electrons. The molecule has 2 aromatic rings. The Morgan fingerprint density at radius 3 is 2.38 bits per heavy atom. The summed E-state index contributed by atoms with van der Waals surface area (Å²) in [6.07, 6.45) is 10.9. The van der Waals surface area contributed by atoms with Gasteiger partial charge >= 0.3 is 5.97 Å². The lowest BCUT2D eigenvalue weighted by atomic mass is 10.0. The number of esters is 1. The van der Waals surface area contributed by atoms with E-state index in [2.05, 4.69) is 30.7 Å². The van der Waals surface area contributed by atoms with Gasteiger partial charge in [-0.05, 0) is 55.0 Å². The summed E-state index contributed by atoms with van der Waals surface area (Å²) >= 11 is 0. The molecule has 0 N–H and O–H groups in total. The van der Waals surface area contributed by atoms with Crippen LogP contribution in [-0.2, 0) is 11.2 Å². The summed E-state index contributed by atoms with van der Waals surface area (Å²) in [5, 5.41) is 0. The van der Waals surface area contributed by atoms with Crippen molar-refractivity contribution in [1.82, 2.24) is 9.97 Å². The normalized spacial score (nSPS) is 12.0. The molecule has 1 aromatic carbocycles. The van der Waals surface area contributed by atoms with Crippen molar-refractivity contribution in [1.29, 1.82) is 0 Å². The SMILES string of the molecule is CCCCCc1cnc(-c2ccc(OC(=O)CCC(C)CC)cc2)nc1. The number of aryl methyl sites for hydroxylation is 1. The third-order valence-corrected chi connectivity index (χ3v) is 4.66. The number of hydrogen-bond donors (Lipinski definition) is 0. The van der Waals surface area contributed by atoms with Crippen LogP contribution in [0.15, 0.2) is 36.7 Å². The van der Waals surface area contributed by atoms with Crippen LogP contribution < -0.4 is 4.74 Å². The second-order valence-electron chi connectivity index (χ2n) is 6.92. The van der Waals surface area contributed by atoms with Crippen LogP contribution in [-0.4, -0.2) is 15.9 Å². The molecule has 0 fully saturated rings. The molecule has 0 amide bonds. The molecule has 0 spiro atoms. The van der Waals surface area contributed by atoms with Crippen molar-refractivity contribution in [2.75, 3.05) is 0 Å². The molecule has 2 rings (SSSR count). The van der Waals surface area contributed by atoms with Gasteiger partial charge in [0.2, 0.25) is 0 Å². The molecule has 1 atom stereocenters. The molecule has 0 saturated carbocycles. The number of carbonyl (C=O) groups excluding carboxylic acids is 1. The predicted molar refractivity (Wildman–Crippen MR) is 105 cm³/mol. The summed E-state index contributed by atoms with van der Waals surface area (Å²) in [5.74, 6) is 1.63. The summed E-state index contributed by atoms with van der Waals surface area (Å²) in [4.78, 5) is 20.8. The van der Waals surface area contributed by atoms with E-state index in [1.807, 2.05) is 24.5 Å². The van der Waals surface area contributed by atoms with E-state index in [0.717, 1.165) is 24.8 Å². The Hall–Kier alpha value is -2.23. The third kappa shape index (κ3) is 6.58. The quantitative estimate of drug-likeness (QED) is 0.316. The van der Waals surface area contributed by atoms with E-state index < -0.39 is 0 Å². The Labute approximate surface area is 157 Å². The molecule has 26 heavy (non-hydrogen) atoms. The minimum Gasteiger partial charge on any atom is -0.427 e. The maximum atomic E-state index is 11.9. The maximum absolute atomic E-state index is 11.9. The van der Waals surface area contributed by atoms with Crippen LogP contribution in [0, 0.1) is 5.92 Å². The highest BCUT2D eigenvalue weighted by atomic mass is 16.5. The summed E-state index contributed by atoms with van der Waals surface area (Å²) in [5.41, 5.74) is 2.10. The van der Waals surface area contributed by atoms with E-state index in [4.69, 9.17) is 4.74 Å². The first-order valence-corrected chi connectivity index (χ1v) is 9.74. The molecule has 0 aliphatic rings. The molecule has 0 bridgehead atoms. The maximum Gasteiger partial charge on any atom is 0.311 e. The van der Waals surface area contributed by atoms with Gasteiger partial charge in [-0.2, -0.15) is 0 Å². The average molecular weight is 354 g/mol. The lowest BCUT2D eigenvalue weighted by Crippen LogP contribution is -2.09. The highest BCUT2D eigenvalue weighted by Crippen LogP contribution is 2.20. The predicted octanol–water partition coefficient (Wildman–Crippen LogP) is 5.61. The Morgan fingerprint density at radius 1 is 1.08 bits per heavy atom. The molecule has 0 saturated heterocycles. The molecule has 1 unspecified atom stereocenters. The standard InChI is InChI=1S/C22H30N2O2/c1-4-6-7-8-18-15-23-22(24-16-18)19-10-12-20(13-11-19)26-21(25)14-9-17(3)5-2/h10-13,15-17H,4-9,14H2,1-3H3. The van der Waals surface area contributed by atoms with Crippen molar-refractivity contribution in [3.63, 3.8) is 0 Å². The molecule has 4 heteroatoms. The first-order valence-electron chi connectivity index (χ1n) is 9.74. The van der Waals surface area contributed by atoms with Gasteiger partial charge in [0.15, 0.2) is 5.82 Å². The van der Waals surface area contributed by atoms with E-state index in [1.54, 1.807) is 12.1 Å². The van der Waals surface area contributed by atoms with Gasteiger partial charge in [0.1, 0.15) is 5.75 Å².